The molecule has 4 heteroatoms. The van der Waals surface area contributed by atoms with E-state index in [1.807, 2.05) is 6.07 Å². The van der Waals surface area contributed by atoms with E-state index in [0.717, 1.165) is 30.4 Å². The van der Waals surface area contributed by atoms with Gasteiger partial charge in [-0.3, -0.25) is 4.99 Å². The second-order valence-corrected chi connectivity index (χ2v) is 5.64. The fourth-order valence-corrected chi connectivity index (χ4v) is 2.83. The molecule has 3 nitrogen and oxygen atoms in total. The summed E-state index contributed by atoms with van der Waals surface area (Å²) in [5, 5.41) is 4.18. The minimum atomic E-state index is 0.0262. The second kappa shape index (κ2) is 5.56. The lowest BCUT2D eigenvalue weighted by Crippen LogP contribution is -2.28. The van der Waals surface area contributed by atoms with Crippen LogP contribution in [0.3, 0.4) is 0 Å². The van der Waals surface area contributed by atoms with Gasteiger partial charge < -0.3 is 11.1 Å². The normalized spacial score (nSPS) is 23.7. The summed E-state index contributed by atoms with van der Waals surface area (Å²) in [5.41, 5.74) is 7.05. The smallest absolute Gasteiger partial charge is 0.154 e. The van der Waals surface area contributed by atoms with E-state index in [-0.39, 0.29) is 5.54 Å². The number of amidine groups is 1. The number of nitrogens with one attached hydrogen (secondary N) is 1. The van der Waals surface area contributed by atoms with Crippen molar-refractivity contribution in [3.05, 3.63) is 35.9 Å². The van der Waals surface area contributed by atoms with Gasteiger partial charge in [0.2, 0.25) is 0 Å². The SMILES string of the molecule is CC1(CCNCc2ccccc2)CSC(N)=N1. The lowest BCUT2D eigenvalue weighted by molar-refractivity contribution is 0.471. The highest BCUT2D eigenvalue weighted by molar-refractivity contribution is 8.14. The fourth-order valence-electron chi connectivity index (χ4n) is 1.87. The number of nitrogens with zero attached hydrogens (tertiary/aromatic N) is 1. The Morgan fingerprint density at radius 2 is 2.18 bits per heavy atom. The van der Waals surface area contributed by atoms with Crippen LogP contribution in [0.2, 0.25) is 0 Å². The topological polar surface area (TPSA) is 50.4 Å². The summed E-state index contributed by atoms with van der Waals surface area (Å²) in [5.74, 6) is 1.01. The summed E-state index contributed by atoms with van der Waals surface area (Å²) in [6.07, 6.45) is 1.04. The number of aliphatic imine (C=N–C) groups is 1. The van der Waals surface area contributed by atoms with E-state index in [4.69, 9.17) is 5.73 Å². The van der Waals surface area contributed by atoms with Gasteiger partial charge in [-0.1, -0.05) is 42.1 Å². The van der Waals surface area contributed by atoms with Crippen LogP contribution >= 0.6 is 11.8 Å². The van der Waals surface area contributed by atoms with Crippen LogP contribution in [0.1, 0.15) is 18.9 Å². The molecule has 0 spiro atoms. The molecule has 0 saturated carbocycles. The van der Waals surface area contributed by atoms with E-state index in [9.17, 15) is 0 Å². The summed E-state index contributed by atoms with van der Waals surface area (Å²) in [4.78, 5) is 4.48. The molecular formula is C13H19N3S. The van der Waals surface area contributed by atoms with Gasteiger partial charge in [0.05, 0.1) is 5.54 Å². The minimum absolute atomic E-state index is 0.0262. The quantitative estimate of drug-likeness (QED) is 0.785. The fraction of sp³-hybridized carbons (Fsp3) is 0.462. The Bertz CT molecular complexity index is 391. The molecule has 0 saturated heterocycles. The maximum atomic E-state index is 5.70. The molecule has 1 aromatic rings. The van der Waals surface area contributed by atoms with Gasteiger partial charge in [-0.25, -0.2) is 0 Å². The van der Waals surface area contributed by atoms with Crippen LogP contribution in [0.4, 0.5) is 0 Å². The number of hydrogen-bond donors (Lipinski definition) is 2. The molecule has 1 atom stereocenters. The van der Waals surface area contributed by atoms with Crippen molar-refractivity contribution in [2.75, 3.05) is 12.3 Å². The monoisotopic (exact) mass is 249 g/mol. The lowest BCUT2D eigenvalue weighted by atomic mass is 10.0. The maximum absolute atomic E-state index is 5.70. The third kappa shape index (κ3) is 3.75. The molecule has 0 bridgehead atoms. The van der Waals surface area contributed by atoms with Gasteiger partial charge in [-0.15, -0.1) is 0 Å². The van der Waals surface area contributed by atoms with Crippen LogP contribution < -0.4 is 11.1 Å². The van der Waals surface area contributed by atoms with Crippen LogP contribution in [0.25, 0.3) is 0 Å². The minimum Gasteiger partial charge on any atom is -0.379 e. The van der Waals surface area contributed by atoms with Crippen molar-refractivity contribution in [2.45, 2.75) is 25.4 Å². The van der Waals surface area contributed by atoms with Gasteiger partial charge in [-0.05, 0) is 25.5 Å². The molecule has 1 aliphatic heterocycles. The van der Waals surface area contributed by atoms with Crippen molar-refractivity contribution in [1.82, 2.24) is 5.32 Å². The summed E-state index contributed by atoms with van der Waals surface area (Å²) >= 11 is 1.66. The van der Waals surface area contributed by atoms with Gasteiger partial charge in [0, 0.05) is 12.3 Å². The Labute approximate surface area is 107 Å². The number of hydrogen-bond acceptors (Lipinski definition) is 4. The van der Waals surface area contributed by atoms with E-state index in [1.54, 1.807) is 11.8 Å². The van der Waals surface area contributed by atoms with E-state index < -0.39 is 0 Å². The van der Waals surface area contributed by atoms with E-state index in [1.165, 1.54) is 5.56 Å². The first-order chi connectivity index (χ1) is 8.18. The Hall–Kier alpha value is -1.00. The molecular weight excluding hydrogens is 230 g/mol. The molecule has 0 aliphatic carbocycles. The van der Waals surface area contributed by atoms with Gasteiger partial charge >= 0.3 is 0 Å². The van der Waals surface area contributed by atoms with Gasteiger partial charge in [-0.2, -0.15) is 0 Å². The predicted molar refractivity (Wildman–Crippen MR) is 75.3 cm³/mol. The first kappa shape index (κ1) is 12.5. The Morgan fingerprint density at radius 1 is 1.41 bits per heavy atom. The maximum Gasteiger partial charge on any atom is 0.154 e. The third-order valence-electron chi connectivity index (χ3n) is 2.92. The average Bonchev–Trinajstić information content (AvgIpc) is 2.67. The molecule has 1 aliphatic rings. The molecule has 0 radical (unpaired) electrons. The lowest BCUT2D eigenvalue weighted by Gasteiger charge is -2.19. The second-order valence-electron chi connectivity index (χ2n) is 4.65. The van der Waals surface area contributed by atoms with Crippen molar-refractivity contribution in [2.24, 2.45) is 10.7 Å². The highest BCUT2D eigenvalue weighted by Crippen LogP contribution is 2.28. The van der Waals surface area contributed by atoms with Crippen molar-refractivity contribution in [1.29, 1.82) is 0 Å². The third-order valence-corrected chi connectivity index (χ3v) is 4.08. The van der Waals surface area contributed by atoms with E-state index in [2.05, 4.69) is 41.5 Å². The molecule has 0 amide bonds. The van der Waals surface area contributed by atoms with Crippen LogP contribution in [-0.4, -0.2) is 23.0 Å². The van der Waals surface area contributed by atoms with Crippen molar-refractivity contribution in [3.63, 3.8) is 0 Å². The molecule has 1 aromatic carbocycles. The molecule has 2 rings (SSSR count). The molecule has 3 N–H and O–H groups in total. The molecule has 1 unspecified atom stereocenters. The first-order valence-corrected chi connectivity index (χ1v) is 6.89. The zero-order valence-electron chi connectivity index (χ0n) is 10.1. The molecule has 17 heavy (non-hydrogen) atoms. The van der Waals surface area contributed by atoms with Crippen LogP contribution in [-0.2, 0) is 6.54 Å². The van der Waals surface area contributed by atoms with Crippen molar-refractivity contribution < 1.29 is 0 Å². The van der Waals surface area contributed by atoms with Crippen LogP contribution in [0.15, 0.2) is 35.3 Å². The van der Waals surface area contributed by atoms with Crippen molar-refractivity contribution >= 4 is 16.9 Å². The number of benzene rings is 1. The number of thioether (sulfide) groups is 1. The summed E-state index contributed by atoms with van der Waals surface area (Å²) in [6, 6.07) is 10.4. The molecule has 0 fully saturated rings. The van der Waals surface area contributed by atoms with Crippen LogP contribution in [0.5, 0.6) is 0 Å². The summed E-state index contributed by atoms with van der Waals surface area (Å²) < 4.78 is 0. The van der Waals surface area contributed by atoms with Gasteiger partial charge in [0.1, 0.15) is 0 Å². The Kier molecular flexibility index (Phi) is 4.07. The highest BCUT2D eigenvalue weighted by Gasteiger charge is 2.28. The average molecular weight is 249 g/mol. The Balaban J connectivity index is 1.70. The summed E-state index contributed by atoms with van der Waals surface area (Å²) in [7, 11) is 0. The van der Waals surface area contributed by atoms with Gasteiger partial charge in [0.25, 0.3) is 0 Å². The Morgan fingerprint density at radius 3 is 2.82 bits per heavy atom. The zero-order chi connectivity index (χ0) is 12.1. The van der Waals surface area contributed by atoms with Crippen LogP contribution in [0, 0.1) is 0 Å². The molecule has 1 heterocycles. The standard InChI is InChI=1S/C13H19N3S/c1-13(10-17-12(14)16-13)7-8-15-9-11-5-3-2-4-6-11/h2-6,15H,7-10H2,1H3,(H2,14,16). The molecule has 0 aromatic heterocycles. The number of nitrogens with two attached hydrogens (primary N) is 1. The highest BCUT2D eigenvalue weighted by atomic mass is 32.2. The number of rotatable bonds is 5. The van der Waals surface area contributed by atoms with E-state index in [0.29, 0.717) is 0 Å². The largest absolute Gasteiger partial charge is 0.379 e. The molecule has 92 valence electrons. The zero-order valence-corrected chi connectivity index (χ0v) is 11.0. The van der Waals surface area contributed by atoms with Crippen molar-refractivity contribution in [3.8, 4) is 0 Å². The van der Waals surface area contributed by atoms with E-state index >= 15 is 0 Å². The predicted octanol–water partition coefficient (Wildman–Crippen LogP) is 1.99. The van der Waals surface area contributed by atoms with Gasteiger partial charge in [0.15, 0.2) is 5.17 Å². The first-order valence-electron chi connectivity index (χ1n) is 5.91. The summed E-state index contributed by atoms with van der Waals surface area (Å²) in [6.45, 7) is 4.07.